The number of aliphatic carboxylic acids is 1. The zero-order chi connectivity index (χ0) is 17.1. The lowest BCUT2D eigenvalue weighted by atomic mass is 10.1. The predicted molar refractivity (Wildman–Crippen MR) is 94.3 cm³/mol. The molecule has 1 unspecified atom stereocenters. The second kappa shape index (κ2) is 11.4. The Bertz CT molecular complexity index is 449. The first kappa shape index (κ1) is 19.9. The third kappa shape index (κ3) is 9.55. The minimum Gasteiger partial charge on any atom is -0.478 e. The zero-order valence-electron chi connectivity index (χ0n) is 13.3. The smallest absolute Gasteiger partial charge is 0.328 e. The van der Waals surface area contributed by atoms with E-state index in [1.165, 1.54) is 25.5 Å². The van der Waals surface area contributed by atoms with Crippen molar-refractivity contribution >= 4 is 39.4 Å². The van der Waals surface area contributed by atoms with Gasteiger partial charge in [0.2, 0.25) is 11.8 Å². The molecule has 1 saturated heterocycles. The molecule has 1 aliphatic heterocycles. The Labute approximate surface area is 144 Å². The molecular weight excluding hydrogens is 336 g/mol. The van der Waals surface area contributed by atoms with Crippen LogP contribution in [0.25, 0.3) is 0 Å². The number of carbonyl (C=O) groups is 3. The maximum absolute atomic E-state index is 11.6. The lowest BCUT2D eigenvalue weighted by molar-refractivity contribution is -0.131. The van der Waals surface area contributed by atoms with Crippen molar-refractivity contribution < 1.29 is 19.5 Å². The van der Waals surface area contributed by atoms with E-state index < -0.39 is 11.9 Å². The van der Waals surface area contributed by atoms with Gasteiger partial charge in [-0.1, -0.05) is 28.0 Å². The monoisotopic (exact) mass is 360 g/mol. The van der Waals surface area contributed by atoms with Gasteiger partial charge in [-0.3, -0.25) is 9.59 Å². The van der Waals surface area contributed by atoms with Gasteiger partial charge in [0.25, 0.3) is 0 Å². The Morgan fingerprint density at radius 3 is 2.61 bits per heavy atom. The van der Waals surface area contributed by atoms with Gasteiger partial charge in [-0.15, -0.1) is 0 Å². The van der Waals surface area contributed by atoms with Crippen LogP contribution in [0.3, 0.4) is 0 Å². The number of hydrogen-bond donors (Lipinski definition) is 3. The molecular formula is C15H24N2O4S2. The van der Waals surface area contributed by atoms with Crippen LogP contribution < -0.4 is 10.6 Å². The highest BCUT2D eigenvalue weighted by molar-refractivity contribution is 8.77. The summed E-state index contributed by atoms with van der Waals surface area (Å²) in [6.07, 6.45) is 5.78. The summed E-state index contributed by atoms with van der Waals surface area (Å²) in [6, 6.07) is 0. The molecule has 0 aromatic carbocycles. The lowest BCUT2D eigenvalue weighted by Gasteiger charge is -2.08. The van der Waals surface area contributed by atoms with E-state index >= 15 is 0 Å². The number of carboxylic acids is 1. The van der Waals surface area contributed by atoms with Crippen LogP contribution in [0.1, 0.15) is 39.0 Å². The standard InChI is InChI=1S/C15H24N2O4S2/c1-11(10-14(19)20)15(21)17-8-7-16-13(18)5-3-2-4-12-6-9-22-23-12/h10,12H,2-9H2,1H3,(H,16,18)(H,17,21)(H,19,20)/b11-10+. The van der Waals surface area contributed by atoms with Gasteiger partial charge >= 0.3 is 5.97 Å². The molecule has 0 bridgehead atoms. The SMILES string of the molecule is C/C(=C\C(=O)O)C(=O)NCCNC(=O)CCCCC1CCSS1. The van der Waals surface area contributed by atoms with E-state index in [0.29, 0.717) is 13.0 Å². The zero-order valence-corrected chi connectivity index (χ0v) is 14.9. The van der Waals surface area contributed by atoms with Crippen LogP contribution in [0.4, 0.5) is 0 Å². The highest BCUT2D eigenvalue weighted by Crippen LogP contribution is 2.39. The van der Waals surface area contributed by atoms with E-state index in [4.69, 9.17) is 5.11 Å². The van der Waals surface area contributed by atoms with E-state index in [0.717, 1.165) is 24.2 Å². The summed E-state index contributed by atoms with van der Waals surface area (Å²) in [5.41, 5.74) is 0.131. The molecule has 3 N–H and O–H groups in total. The maximum atomic E-state index is 11.6. The molecule has 0 aliphatic carbocycles. The Morgan fingerprint density at radius 2 is 1.96 bits per heavy atom. The molecule has 6 nitrogen and oxygen atoms in total. The van der Waals surface area contributed by atoms with Crippen LogP contribution >= 0.6 is 21.6 Å². The quantitative estimate of drug-likeness (QED) is 0.313. The van der Waals surface area contributed by atoms with Gasteiger partial charge in [-0.25, -0.2) is 4.79 Å². The summed E-state index contributed by atoms with van der Waals surface area (Å²) in [5, 5.41) is 14.6. The van der Waals surface area contributed by atoms with Crippen molar-refractivity contribution in [3.05, 3.63) is 11.6 Å². The number of nitrogens with one attached hydrogen (secondary N) is 2. The van der Waals surface area contributed by atoms with Crippen molar-refractivity contribution in [1.29, 1.82) is 0 Å². The minimum atomic E-state index is -1.15. The van der Waals surface area contributed by atoms with Crippen LogP contribution in [0.2, 0.25) is 0 Å². The predicted octanol–water partition coefficient (Wildman–Crippen LogP) is 1.96. The summed E-state index contributed by atoms with van der Waals surface area (Å²) in [4.78, 5) is 33.6. The second-order valence-corrected chi connectivity index (χ2v) is 8.13. The first-order valence-corrected chi connectivity index (χ1v) is 10.1. The third-order valence-corrected chi connectivity index (χ3v) is 6.34. The van der Waals surface area contributed by atoms with Crippen LogP contribution in [0, 0.1) is 0 Å². The van der Waals surface area contributed by atoms with Gasteiger partial charge in [0.05, 0.1) is 0 Å². The van der Waals surface area contributed by atoms with Crippen LogP contribution in [-0.2, 0) is 14.4 Å². The van der Waals surface area contributed by atoms with Crippen molar-refractivity contribution in [3.8, 4) is 0 Å². The van der Waals surface area contributed by atoms with Crippen molar-refractivity contribution in [2.45, 2.75) is 44.3 Å². The van der Waals surface area contributed by atoms with E-state index in [9.17, 15) is 14.4 Å². The fraction of sp³-hybridized carbons (Fsp3) is 0.667. The van der Waals surface area contributed by atoms with Gasteiger partial charge in [0.1, 0.15) is 0 Å². The Morgan fingerprint density at radius 1 is 1.22 bits per heavy atom. The fourth-order valence-electron chi connectivity index (χ4n) is 2.08. The Hall–Kier alpha value is -1.15. The molecule has 0 aromatic rings. The maximum Gasteiger partial charge on any atom is 0.328 e. The fourth-order valence-corrected chi connectivity index (χ4v) is 5.11. The summed E-state index contributed by atoms with van der Waals surface area (Å²) in [6.45, 7) is 2.06. The molecule has 1 heterocycles. The minimum absolute atomic E-state index is 0.00880. The normalized spacial score (nSPS) is 17.8. The lowest BCUT2D eigenvalue weighted by Crippen LogP contribution is -2.35. The summed E-state index contributed by atoms with van der Waals surface area (Å²) in [7, 11) is 3.90. The Balaban J connectivity index is 2.01. The van der Waals surface area contributed by atoms with E-state index in [2.05, 4.69) is 10.6 Å². The number of carbonyl (C=O) groups excluding carboxylic acids is 2. The molecule has 23 heavy (non-hydrogen) atoms. The van der Waals surface area contributed by atoms with E-state index in [-0.39, 0.29) is 18.0 Å². The van der Waals surface area contributed by atoms with E-state index in [1.54, 1.807) is 0 Å². The highest BCUT2D eigenvalue weighted by Gasteiger charge is 2.15. The van der Waals surface area contributed by atoms with Crippen LogP contribution in [0.15, 0.2) is 11.6 Å². The third-order valence-electron chi connectivity index (χ3n) is 3.34. The number of rotatable bonds is 10. The van der Waals surface area contributed by atoms with Crippen LogP contribution in [0.5, 0.6) is 0 Å². The first-order valence-electron chi connectivity index (χ1n) is 7.73. The van der Waals surface area contributed by atoms with Crippen molar-refractivity contribution in [2.75, 3.05) is 18.8 Å². The largest absolute Gasteiger partial charge is 0.478 e. The number of amides is 2. The Kier molecular flexibility index (Phi) is 9.86. The number of hydrogen-bond acceptors (Lipinski definition) is 5. The molecule has 0 radical (unpaired) electrons. The molecule has 0 aromatic heterocycles. The molecule has 130 valence electrons. The highest BCUT2D eigenvalue weighted by atomic mass is 33.1. The topological polar surface area (TPSA) is 95.5 Å². The van der Waals surface area contributed by atoms with Crippen molar-refractivity contribution in [1.82, 2.24) is 10.6 Å². The molecule has 1 rings (SSSR count). The molecule has 8 heteroatoms. The van der Waals surface area contributed by atoms with Gasteiger partial charge in [0.15, 0.2) is 0 Å². The van der Waals surface area contributed by atoms with Crippen molar-refractivity contribution in [2.24, 2.45) is 0 Å². The van der Waals surface area contributed by atoms with Crippen molar-refractivity contribution in [3.63, 3.8) is 0 Å². The molecule has 0 spiro atoms. The number of unbranched alkanes of at least 4 members (excludes halogenated alkanes) is 1. The van der Waals surface area contributed by atoms with E-state index in [1.807, 2.05) is 21.6 Å². The summed E-state index contributed by atoms with van der Waals surface area (Å²) >= 11 is 0. The van der Waals surface area contributed by atoms with Gasteiger partial charge in [0, 0.05) is 42.2 Å². The van der Waals surface area contributed by atoms with Gasteiger partial charge in [-0.05, 0) is 26.2 Å². The molecule has 0 saturated carbocycles. The average molecular weight is 361 g/mol. The summed E-state index contributed by atoms with van der Waals surface area (Å²) in [5.74, 6) is -0.359. The average Bonchev–Trinajstić information content (AvgIpc) is 3.00. The number of carboxylic acid groups (broad SMARTS) is 1. The first-order chi connectivity index (χ1) is 11.0. The molecule has 1 atom stereocenters. The molecule has 1 fully saturated rings. The second-order valence-electron chi connectivity index (χ2n) is 5.35. The van der Waals surface area contributed by atoms with Gasteiger partial charge in [-0.2, -0.15) is 0 Å². The molecule has 1 aliphatic rings. The van der Waals surface area contributed by atoms with Gasteiger partial charge < -0.3 is 15.7 Å². The molecule has 2 amide bonds. The summed E-state index contributed by atoms with van der Waals surface area (Å²) < 4.78 is 0. The van der Waals surface area contributed by atoms with Crippen LogP contribution in [-0.4, -0.2) is 47.0 Å².